The highest BCUT2D eigenvalue weighted by Crippen LogP contribution is 2.41. The van der Waals surface area contributed by atoms with E-state index in [9.17, 15) is 8.42 Å². The molecule has 0 aromatic rings. The highest BCUT2D eigenvalue weighted by Gasteiger charge is 2.37. The second-order valence-corrected chi connectivity index (χ2v) is 10.2. The molecular formula is C15H31NO2S. The van der Waals surface area contributed by atoms with Gasteiger partial charge in [-0.3, -0.25) is 0 Å². The Balaban J connectivity index is 2.50. The van der Waals surface area contributed by atoms with Gasteiger partial charge >= 0.3 is 0 Å². The summed E-state index contributed by atoms with van der Waals surface area (Å²) in [6, 6.07) is 0.585. The van der Waals surface area contributed by atoms with Gasteiger partial charge in [0.1, 0.15) is 0 Å². The number of hydrogen-bond acceptors (Lipinski definition) is 3. The fourth-order valence-electron chi connectivity index (χ4n) is 2.76. The van der Waals surface area contributed by atoms with Gasteiger partial charge in [-0.05, 0) is 64.8 Å². The Hall–Kier alpha value is -0.0900. The van der Waals surface area contributed by atoms with E-state index < -0.39 is 14.6 Å². The molecule has 0 bridgehead atoms. The second kappa shape index (κ2) is 6.13. The fraction of sp³-hybridized carbons (Fsp3) is 1.00. The molecule has 1 saturated carbocycles. The topological polar surface area (TPSA) is 46.2 Å². The fourth-order valence-corrected chi connectivity index (χ4v) is 4.13. The summed E-state index contributed by atoms with van der Waals surface area (Å²) in [4.78, 5) is 0. The number of hydrogen-bond donors (Lipinski definition) is 1. The smallest absolute Gasteiger partial charge is 0.155 e. The van der Waals surface area contributed by atoms with Crippen LogP contribution in [0.1, 0.15) is 66.7 Å². The van der Waals surface area contributed by atoms with Gasteiger partial charge in [0.05, 0.1) is 10.5 Å². The molecule has 19 heavy (non-hydrogen) atoms. The van der Waals surface area contributed by atoms with Crippen LogP contribution in [-0.4, -0.2) is 31.5 Å². The van der Waals surface area contributed by atoms with Gasteiger partial charge < -0.3 is 5.32 Å². The minimum atomic E-state index is -2.98. The van der Waals surface area contributed by atoms with Gasteiger partial charge in [0, 0.05) is 6.04 Å². The van der Waals surface area contributed by atoms with Crippen LogP contribution < -0.4 is 5.32 Å². The van der Waals surface area contributed by atoms with Gasteiger partial charge in [0.25, 0.3) is 0 Å². The zero-order valence-electron chi connectivity index (χ0n) is 13.3. The zero-order valence-corrected chi connectivity index (χ0v) is 14.1. The predicted molar refractivity (Wildman–Crippen MR) is 82.2 cm³/mol. The van der Waals surface area contributed by atoms with E-state index in [1.54, 1.807) is 20.8 Å². The quantitative estimate of drug-likeness (QED) is 0.817. The number of rotatable bonds is 6. The van der Waals surface area contributed by atoms with Crippen LogP contribution in [0.4, 0.5) is 0 Å². The molecule has 1 rings (SSSR count). The maximum atomic E-state index is 12.2. The van der Waals surface area contributed by atoms with Gasteiger partial charge in [-0.15, -0.1) is 0 Å². The molecule has 0 saturated heterocycles. The van der Waals surface area contributed by atoms with E-state index in [0.29, 0.717) is 11.8 Å². The first-order valence-corrected chi connectivity index (χ1v) is 9.20. The Bertz CT molecular complexity index is 383. The van der Waals surface area contributed by atoms with E-state index in [1.807, 2.05) is 0 Å². The average Bonchev–Trinajstić information content (AvgIpc) is 2.65. The molecule has 0 aromatic carbocycles. The van der Waals surface area contributed by atoms with Crippen molar-refractivity contribution in [3.8, 4) is 0 Å². The summed E-state index contributed by atoms with van der Waals surface area (Å²) in [6.07, 6.45) is 5.41. The standard InChI is InChI=1S/C15H31NO2S/c1-6-10-16-13-7-8-15(5,12-13)9-11-19(17,18)14(2,3)4/h13,16H,6-12H2,1-5H3. The second-order valence-electron chi connectivity index (χ2n) is 7.39. The van der Waals surface area contributed by atoms with Crippen LogP contribution >= 0.6 is 0 Å². The summed E-state index contributed by atoms with van der Waals surface area (Å²) in [5.41, 5.74) is 0.198. The summed E-state index contributed by atoms with van der Waals surface area (Å²) in [5, 5.41) is 3.56. The molecule has 1 fully saturated rings. The Kier molecular flexibility index (Phi) is 5.47. The third-order valence-electron chi connectivity index (χ3n) is 4.43. The van der Waals surface area contributed by atoms with Crippen molar-refractivity contribution in [2.24, 2.45) is 5.41 Å². The van der Waals surface area contributed by atoms with Crippen LogP contribution in [0.3, 0.4) is 0 Å². The number of nitrogens with one attached hydrogen (secondary N) is 1. The SMILES string of the molecule is CCCNC1CCC(C)(CCS(=O)(=O)C(C)(C)C)C1. The Morgan fingerprint density at radius 2 is 1.95 bits per heavy atom. The largest absolute Gasteiger partial charge is 0.314 e. The van der Waals surface area contributed by atoms with Crippen LogP contribution in [0.5, 0.6) is 0 Å². The van der Waals surface area contributed by atoms with Gasteiger partial charge in [-0.1, -0.05) is 13.8 Å². The van der Waals surface area contributed by atoms with Crippen molar-refractivity contribution >= 4 is 9.84 Å². The van der Waals surface area contributed by atoms with Crippen LogP contribution in [0.2, 0.25) is 0 Å². The lowest BCUT2D eigenvalue weighted by Crippen LogP contribution is -2.33. The van der Waals surface area contributed by atoms with Crippen LogP contribution in [0, 0.1) is 5.41 Å². The van der Waals surface area contributed by atoms with Crippen molar-refractivity contribution in [3.05, 3.63) is 0 Å². The van der Waals surface area contributed by atoms with E-state index in [-0.39, 0.29) is 5.41 Å². The summed E-state index contributed by atoms with van der Waals surface area (Å²) >= 11 is 0. The molecule has 4 heteroatoms. The molecule has 1 aliphatic rings. The molecular weight excluding hydrogens is 258 g/mol. The molecule has 0 aromatic heterocycles. The summed E-state index contributed by atoms with van der Waals surface area (Å²) < 4.78 is 23.8. The molecule has 0 spiro atoms. The van der Waals surface area contributed by atoms with Crippen molar-refractivity contribution in [3.63, 3.8) is 0 Å². The average molecular weight is 289 g/mol. The third kappa shape index (κ3) is 4.75. The van der Waals surface area contributed by atoms with Crippen molar-refractivity contribution in [2.45, 2.75) is 77.5 Å². The van der Waals surface area contributed by atoms with E-state index in [2.05, 4.69) is 19.2 Å². The molecule has 2 atom stereocenters. The molecule has 0 radical (unpaired) electrons. The Morgan fingerprint density at radius 3 is 2.47 bits per heavy atom. The van der Waals surface area contributed by atoms with Crippen LogP contribution in [-0.2, 0) is 9.84 Å². The summed E-state index contributed by atoms with van der Waals surface area (Å²) in [6.45, 7) is 10.9. The predicted octanol–water partition coefficient (Wildman–Crippen LogP) is 3.15. The highest BCUT2D eigenvalue weighted by atomic mass is 32.2. The lowest BCUT2D eigenvalue weighted by molar-refractivity contribution is 0.312. The highest BCUT2D eigenvalue weighted by molar-refractivity contribution is 7.92. The third-order valence-corrected chi connectivity index (χ3v) is 7.03. The van der Waals surface area contributed by atoms with Crippen molar-refractivity contribution < 1.29 is 8.42 Å². The molecule has 1 aliphatic carbocycles. The molecule has 3 nitrogen and oxygen atoms in total. The lowest BCUT2D eigenvalue weighted by atomic mass is 9.86. The van der Waals surface area contributed by atoms with Gasteiger partial charge in [-0.25, -0.2) is 8.42 Å². The van der Waals surface area contributed by atoms with E-state index in [0.717, 1.165) is 32.2 Å². The molecule has 0 amide bonds. The van der Waals surface area contributed by atoms with Crippen LogP contribution in [0.15, 0.2) is 0 Å². The van der Waals surface area contributed by atoms with Crippen molar-refractivity contribution in [1.29, 1.82) is 0 Å². The van der Waals surface area contributed by atoms with Gasteiger partial charge in [0.2, 0.25) is 0 Å². The lowest BCUT2D eigenvalue weighted by Gasteiger charge is -2.27. The Morgan fingerprint density at radius 1 is 1.32 bits per heavy atom. The van der Waals surface area contributed by atoms with Gasteiger partial charge in [0.15, 0.2) is 9.84 Å². The Labute approximate surface area is 119 Å². The van der Waals surface area contributed by atoms with Crippen LogP contribution in [0.25, 0.3) is 0 Å². The minimum absolute atomic E-state index is 0.198. The first-order chi connectivity index (χ1) is 8.60. The van der Waals surface area contributed by atoms with Gasteiger partial charge in [-0.2, -0.15) is 0 Å². The maximum Gasteiger partial charge on any atom is 0.155 e. The minimum Gasteiger partial charge on any atom is -0.314 e. The molecule has 2 unspecified atom stereocenters. The first kappa shape index (κ1) is 17.0. The normalized spacial score (nSPS) is 28.8. The summed E-state index contributed by atoms with van der Waals surface area (Å²) in [7, 11) is -2.98. The van der Waals surface area contributed by atoms with E-state index in [1.165, 1.54) is 6.42 Å². The van der Waals surface area contributed by atoms with Crippen molar-refractivity contribution in [1.82, 2.24) is 5.32 Å². The first-order valence-electron chi connectivity index (χ1n) is 7.55. The maximum absolute atomic E-state index is 12.2. The molecule has 0 heterocycles. The van der Waals surface area contributed by atoms with E-state index >= 15 is 0 Å². The molecule has 0 aliphatic heterocycles. The molecule has 114 valence electrons. The molecule has 1 N–H and O–H groups in total. The summed E-state index contributed by atoms with van der Waals surface area (Å²) in [5.74, 6) is 0.327. The number of sulfone groups is 1. The zero-order chi connectivity index (χ0) is 14.7. The monoisotopic (exact) mass is 289 g/mol. The van der Waals surface area contributed by atoms with Crippen molar-refractivity contribution in [2.75, 3.05) is 12.3 Å². The van der Waals surface area contributed by atoms with E-state index in [4.69, 9.17) is 0 Å².